The van der Waals surface area contributed by atoms with Crippen molar-refractivity contribution in [3.8, 4) is 5.75 Å². The highest BCUT2D eigenvalue weighted by atomic mass is 32.1. The molecule has 2 nitrogen and oxygen atoms in total. The molecule has 1 aromatic rings. The Morgan fingerprint density at radius 3 is 3.00 bits per heavy atom. The summed E-state index contributed by atoms with van der Waals surface area (Å²) in [5.41, 5.74) is 0.977. The smallest absolute Gasteiger partial charge is 0.120 e. The Kier molecular flexibility index (Phi) is 2.47. The molecular weight excluding hydrogens is 182 g/mol. The molecule has 0 saturated carbocycles. The average Bonchev–Trinajstić information content (AvgIpc) is 2.61. The number of nitrogens with one attached hydrogen (secondary N) is 1. The maximum absolute atomic E-state index is 9.62. The fourth-order valence-electron chi connectivity index (χ4n) is 1.77. The number of thiol groups is 1. The first kappa shape index (κ1) is 8.91. The largest absolute Gasteiger partial charge is 0.508 e. The first-order chi connectivity index (χ1) is 6.27. The lowest BCUT2D eigenvalue weighted by molar-refractivity contribution is 0.456. The summed E-state index contributed by atoms with van der Waals surface area (Å²) in [6.45, 7) is 1.04. The summed E-state index contributed by atoms with van der Waals surface area (Å²) in [6.07, 6.45) is 2.28. The molecule has 70 valence electrons. The van der Waals surface area contributed by atoms with Gasteiger partial charge in [-0.05, 0) is 37.6 Å². The van der Waals surface area contributed by atoms with E-state index in [1.807, 2.05) is 6.07 Å². The Bertz CT molecular complexity index is 308. The molecule has 1 aromatic carbocycles. The van der Waals surface area contributed by atoms with Gasteiger partial charge >= 0.3 is 0 Å². The van der Waals surface area contributed by atoms with Crippen LogP contribution in [0.4, 0.5) is 0 Å². The molecule has 1 saturated heterocycles. The van der Waals surface area contributed by atoms with Crippen LogP contribution in [0.5, 0.6) is 5.75 Å². The highest BCUT2D eigenvalue weighted by molar-refractivity contribution is 7.80. The van der Waals surface area contributed by atoms with Crippen LogP contribution in [0.3, 0.4) is 0 Å². The van der Waals surface area contributed by atoms with E-state index < -0.39 is 0 Å². The molecule has 0 aliphatic carbocycles. The quantitative estimate of drug-likeness (QED) is 0.600. The van der Waals surface area contributed by atoms with Crippen LogP contribution in [0.25, 0.3) is 0 Å². The monoisotopic (exact) mass is 195 g/mol. The molecule has 1 heterocycles. The SMILES string of the molecule is Oc1ccc(S)cc1[C@@H]1CCCN1. The van der Waals surface area contributed by atoms with Gasteiger partial charge in [0, 0.05) is 16.5 Å². The second-order valence-corrected chi connectivity index (χ2v) is 3.91. The van der Waals surface area contributed by atoms with E-state index in [0.29, 0.717) is 11.8 Å². The van der Waals surface area contributed by atoms with Gasteiger partial charge in [-0.3, -0.25) is 0 Å². The fourth-order valence-corrected chi connectivity index (χ4v) is 1.98. The van der Waals surface area contributed by atoms with Crippen LogP contribution < -0.4 is 5.32 Å². The van der Waals surface area contributed by atoms with Gasteiger partial charge in [-0.25, -0.2) is 0 Å². The highest BCUT2D eigenvalue weighted by Crippen LogP contribution is 2.31. The van der Waals surface area contributed by atoms with Crippen LogP contribution in [-0.4, -0.2) is 11.7 Å². The number of phenols is 1. The van der Waals surface area contributed by atoms with Crippen molar-refractivity contribution in [1.82, 2.24) is 5.32 Å². The molecular formula is C10H13NOS. The third-order valence-electron chi connectivity index (χ3n) is 2.45. The molecule has 13 heavy (non-hydrogen) atoms. The van der Waals surface area contributed by atoms with E-state index in [4.69, 9.17) is 0 Å². The Labute approximate surface area is 83.4 Å². The third-order valence-corrected chi connectivity index (χ3v) is 2.73. The maximum atomic E-state index is 9.62. The molecule has 2 N–H and O–H groups in total. The number of benzene rings is 1. The van der Waals surface area contributed by atoms with Crippen molar-refractivity contribution in [1.29, 1.82) is 0 Å². The lowest BCUT2D eigenvalue weighted by Gasteiger charge is -2.12. The topological polar surface area (TPSA) is 32.3 Å². The van der Waals surface area contributed by atoms with Crippen molar-refractivity contribution >= 4 is 12.6 Å². The van der Waals surface area contributed by atoms with Gasteiger partial charge in [-0.15, -0.1) is 12.6 Å². The molecule has 0 spiro atoms. The molecule has 2 rings (SSSR count). The summed E-state index contributed by atoms with van der Waals surface area (Å²) in [7, 11) is 0. The number of aromatic hydroxyl groups is 1. The first-order valence-electron chi connectivity index (χ1n) is 4.52. The minimum atomic E-state index is 0.312. The summed E-state index contributed by atoms with van der Waals surface area (Å²) in [5.74, 6) is 0.372. The van der Waals surface area contributed by atoms with Crippen LogP contribution in [-0.2, 0) is 0 Å². The van der Waals surface area contributed by atoms with E-state index in [1.54, 1.807) is 12.1 Å². The number of rotatable bonds is 1. The molecule has 0 aromatic heterocycles. The van der Waals surface area contributed by atoms with Crippen molar-refractivity contribution in [3.05, 3.63) is 23.8 Å². The van der Waals surface area contributed by atoms with Gasteiger partial charge in [-0.1, -0.05) is 0 Å². The van der Waals surface area contributed by atoms with Gasteiger partial charge in [-0.2, -0.15) is 0 Å². The van der Waals surface area contributed by atoms with Crippen LogP contribution in [0, 0.1) is 0 Å². The van der Waals surface area contributed by atoms with Crippen LogP contribution in [0.1, 0.15) is 24.4 Å². The number of hydrogen-bond donors (Lipinski definition) is 3. The third kappa shape index (κ3) is 1.81. The minimum absolute atomic E-state index is 0.312. The van der Waals surface area contributed by atoms with Gasteiger partial charge < -0.3 is 10.4 Å². The molecule has 3 heteroatoms. The van der Waals surface area contributed by atoms with Crippen molar-refractivity contribution in [2.75, 3.05) is 6.54 Å². The molecule has 1 atom stereocenters. The van der Waals surface area contributed by atoms with E-state index in [9.17, 15) is 5.11 Å². The summed E-state index contributed by atoms with van der Waals surface area (Å²) in [6, 6.07) is 5.75. The zero-order valence-electron chi connectivity index (χ0n) is 7.33. The molecule has 0 radical (unpaired) electrons. The normalized spacial score (nSPS) is 22.1. The van der Waals surface area contributed by atoms with Gasteiger partial charge in [0.1, 0.15) is 5.75 Å². The average molecular weight is 195 g/mol. The van der Waals surface area contributed by atoms with Gasteiger partial charge in [0.2, 0.25) is 0 Å². The standard InChI is InChI=1S/C10H13NOS/c12-10-4-3-7(13)6-8(10)9-2-1-5-11-9/h3-4,6,9,11-13H,1-2,5H2/t9-/m0/s1. The van der Waals surface area contributed by atoms with Crippen molar-refractivity contribution in [2.45, 2.75) is 23.8 Å². The Balaban J connectivity index is 2.32. The first-order valence-corrected chi connectivity index (χ1v) is 4.97. The lowest BCUT2D eigenvalue weighted by Crippen LogP contribution is -2.12. The maximum Gasteiger partial charge on any atom is 0.120 e. The van der Waals surface area contributed by atoms with E-state index >= 15 is 0 Å². The highest BCUT2D eigenvalue weighted by Gasteiger charge is 2.18. The van der Waals surface area contributed by atoms with E-state index in [0.717, 1.165) is 23.4 Å². The number of hydrogen-bond acceptors (Lipinski definition) is 3. The molecule has 1 aliphatic rings. The van der Waals surface area contributed by atoms with Crippen molar-refractivity contribution in [3.63, 3.8) is 0 Å². The predicted molar refractivity (Wildman–Crippen MR) is 55.3 cm³/mol. The Hall–Kier alpha value is -0.670. The summed E-state index contributed by atoms with van der Waals surface area (Å²) < 4.78 is 0. The fraction of sp³-hybridized carbons (Fsp3) is 0.400. The predicted octanol–water partition coefficient (Wildman–Crippen LogP) is 2.11. The van der Waals surface area contributed by atoms with Gasteiger partial charge in [0.05, 0.1) is 0 Å². The Morgan fingerprint density at radius 2 is 2.31 bits per heavy atom. The van der Waals surface area contributed by atoms with E-state index in [1.165, 1.54) is 6.42 Å². The number of phenolic OH excluding ortho intramolecular Hbond substituents is 1. The van der Waals surface area contributed by atoms with E-state index in [2.05, 4.69) is 17.9 Å². The van der Waals surface area contributed by atoms with Crippen molar-refractivity contribution in [2.24, 2.45) is 0 Å². The van der Waals surface area contributed by atoms with Crippen LogP contribution >= 0.6 is 12.6 Å². The molecule has 1 fully saturated rings. The molecule has 0 amide bonds. The Morgan fingerprint density at radius 1 is 1.46 bits per heavy atom. The summed E-state index contributed by atoms with van der Waals surface area (Å²) in [4.78, 5) is 0.904. The molecule has 0 unspecified atom stereocenters. The van der Waals surface area contributed by atoms with Crippen LogP contribution in [0.15, 0.2) is 23.1 Å². The zero-order valence-corrected chi connectivity index (χ0v) is 8.22. The van der Waals surface area contributed by atoms with Gasteiger partial charge in [0.25, 0.3) is 0 Å². The minimum Gasteiger partial charge on any atom is -0.508 e. The van der Waals surface area contributed by atoms with E-state index in [-0.39, 0.29) is 0 Å². The lowest BCUT2D eigenvalue weighted by atomic mass is 10.0. The van der Waals surface area contributed by atoms with Gasteiger partial charge in [0.15, 0.2) is 0 Å². The van der Waals surface area contributed by atoms with Crippen LogP contribution in [0.2, 0.25) is 0 Å². The van der Waals surface area contributed by atoms with Crippen molar-refractivity contribution < 1.29 is 5.11 Å². The molecule has 1 aliphatic heterocycles. The second kappa shape index (κ2) is 3.60. The zero-order chi connectivity index (χ0) is 9.26. The molecule has 0 bridgehead atoms. The summed E-state index contributed by atoms with van der Waals surface area (Å²) in [5, 5.41) is 13.0. The summed E-state index contributed by atoms with van der Waals surface area (Å²) >= 11 is 4.26. The second-order valence-electron chi connectivity index (χ2n) is 3.39.